The monoisotopic (exact) mass is 472 g/mol. The average molecular weight is 472 g/mol. The van der Waals surface area contributed by atoms with E-state index in [1.807, 2.05) is 36.4 Å². The first-order valence-electron chi connectivity index (χ1n) is 11.3. The summed E-state index contributed by atoms with van der Waals surface area (Å²) in [7, 11) is 0. The molecule has 1 fully saturated rings. The predicted octanol–water partition coefficient (Wildman–Crippen LogP) is 4.35. The Hall–Kier alpha value is -4.33. The van der Waals surface area contributed by atoms with Gasteiger partial charge in [0.1, 0.15) is 17.9 Å². The van der Waals surface area contributed by atoms with Crippen LogP contribution in [0.4, 0.5) is 10.5 Å². The van der Waals surface area contributed by atoms with Crippen LogP contribution in [0.2, 0.25) is 0 Å². The zero-order chi connectivity index (χ0) is 24.6. The van der Waals surface area contributed by atoms with Crippen LogP contribution < -0.4 is 10.6 Å². The van der Waals surface area contributed by atoms with E-state index in [1.54, 1.807) is 0 Å². The van der Waals surface area contributed by atoms with Gasteiger partial charge in [0.25, 0.3) is 0 Å². The highest BCUT2D eigenvalue weighted by atomic mass is 16.5. The molecule has 5 rings (SSSR count). The van der Waals surface area contributed by atoms with Gasteiger partial charge in [0, 0.05) is 18.2 Å². The van der Waals surface area contributed by atoms with Gasteiger partial charge in [-0.05, 0) is 53.3 Å². The second-order valence-electron chi connectivity index (χ2n) is 8.95. The third-order valence-electron chi connectivity index (χ3n) is 6.73. The number of fused-ring (bicyclic) bond motifs is 3. The van der Waals surface area contributed by atoms with E-state index < -0.39 is 17.5 Å². The van der Waals surface area contributed by atoms with Crippen molar-refractivity contribution in [3.05, 3.63) is 83.4 Å². The second kappa shape index (κ2) is 8.79. The van der Waals surface area contributed by atoms with Crippen molar-refractivity contribution in [2.45, 2.75) is 18.8 Å². The number of alkyl carbamates (subject to hydrolysis) is 1. The highest BCUT2D eigenvalue weighted by molar-refractivity contribution is 5.99. The van der Waals surface area contributed by atoms with Crippen LogP contribution >= 0.6 is 0 Å². The maximum Gasteiger partial charge on any atom is 0.407 e. The summed E-state index contributed by atoms with van der Waals surface area (Å²) in [6, 6.07) is 20.0. The van der Waals surface area contributed by atoms with Crippen molar-refractivity contribution >= 4 is 23.7 Å². The number of carboxylic acids is 1. The molecular formula is C27H24N2O6. The third kappa shape index (κ3) is 4.30. The molecule has 3 aromatic rings. The average Bonchev–Trinajstić information content (AvgIpc) is 3.59. The number of aromatic carboxylic acids is 1. The SMILES string of the molecule is O=C(NCC1(C(=O)Nc2ccc(O)c(C(=O)O)c2)CC1)OCC1c2ccccc2-c2ccccc21. The minimum atomic E-state index is -1.29. The van der Waals surface area contributed by atoms with Crippen molar-refractivity contribution in [2.75, 3.05) is 18.5 Å². The molecule has 0 bridgehead atoms. The van der Waals surface area contributed by atoms with Gasteiger partial charge >= 0.3 is 12.1 Å². The van der Waals surface area contributed by atoms with Crippen LogP contribution in [0.15, 0.2) is 66.7 Å². The van der Waals surface area contributed by atoms with Gasteiger partial charge in [-0.25, -0.2) is 9.59 Å². The molecule has 1 saturated carbocycles. The molecule has 35 heavy (non-hydrogen) atoms. The van der Waals surface area contributed by atoms with Gasteiger partial charge in [0.05, 0.1) is 5.41 Å². The smallest absolute Gasteiger partial charge is 0.407 e. The Morgan fingerprint density at radius 3 is 2.17 bits per heavy atom. The Bertz CT molecular complexity index is 1290. The van der Waals surface area contributed by atoms with Crippen molar-refractivity contribution in [3.8, 4) is 16.9 Å². The summed E-state index contributed by atoms with van der Waals surface area (Å²) >= 11 is 0. The molecule has 0 spiro atoms. The number of carbonyl (C=O) groups is 3. The molecule has 3 aromatic carbocycles. The van der Waals surface area contributed by atoms with Crippen LogP contribution in [0.1, 0.15) is 40.2 Å². The standard InChI is InChI=1S/C27H24N2O6/c30-23-10-9-16(13-21(23)24(31)32)29-25(33)27(11-12-27)15-28-26(34)35-14-22-19-7-3-1-5-17(19)18-6-2-4-8-20(18)22/h1-10,13,22,30H,11-12,14-15H2,(H,28,34)(H,29,33)(H,31,32). The number of ether oxygens (including phenoxy) is 1. The van der Waals surface area contributed by atoms with Crippen molar-refractivity contribution in [3.63, 3.8) is 0 Å². The van der Waals surface area contributed by atoms with E-state index in [0.29, 0.717) is 12.8 Å². The number of nitrogens with one attached hydrogen (secondary N) is 2. The lowest BCUT2D eigenvalue weighted by molar-refractivity contribution is -0.120. The van der Waals surface area contributed by atoms with Gasteiger partial charge in [0.2, 0.25) is 5.91 Å². The largest absolute Gasteiger partial charge is 0.507 e. The summed E-state index contributed by atoms with van der Waals surface area (Å²) in [6.07, 6.45) is 0.586. The van der Waals surface area contributed by atoms with Gasteiger partial charge < -0.3 is 25.6 Å². The van der Waals surface area contributed by atoms with Crippen molar-refractivity contribution in [1.82, 2.24) is 5.32 Å². The number of hydrogen-bond donors (Lipinski definition) is 4. The lowest BCUT2D eigenvalue weighted by Gasteiger charge is -2.18. The number of hydrogen-bond acceptors (Lipinski definition) is 5. The maximum absolute atomic E-state index is 12.8. The summed E-state index contributed by atoms with van der Waals surface area (Å²) in [6.45, 7) is 0.296. The molecule has 0 unspecified atom stereocenters. The van der Waals surface area contributed by atoms with Crippen LogP contribution in [-0.4, -0.2) is 41.3 Å². The Labute approximate surface area is 201 Å². The van der Waals surface area contributed by atoms with Crippen molar-refractivity contribution < 1.29 is 29.3 Å². The molecule has 2 amide bonds. The lowest BCUT2D eigenvalue weighted by Crippen LogP contribution is -2.37. The highest BCUT2D eigenvalue weighted by Gasteiger charge is 2.50. The highest BCUT2D eigenvalue weighted by Crippen LogP contribution is 2.46. The molecular weight excluding hydrogens is 448 g/mol. The minimum absolute atomic E-state index is 0.0516. The number of rotatable bonds is 7. The fraction of sp³-hybridized carbons (Fsp3) is 0.222. The predicted molar refractivity (Wildman–Crippen MR) is 128 cm³/mol. The Balaban J connectivity index is 1.18. The first kappa shape index (κ1) is 22.5. The number of phenols is 1. The van der Waals surface area contributed by atoms with E-state index in [9.17, 15) is 19.5 Å². The van der Waals surface area contributed by atoms with Gasteiger partial charge in [-0.15, -0.1) is 0 Å². The Morgan fingerprint density at radius 1 is 0.943 bits per heavy atom. The van der Waals surface area contributed by atoms with Crippen LogP contribution in [0, 0.1) is 5.41 Å². The first-order valence-corrected chi connectivity index (χ1v) is 11.3. The Kier molecular flexibility index (Phi) is 5.64. The number of carbonyl (C=O) groups excluding carboxylic acids is 2. The van der Waals surface area contributed by atoms with Gasteiger partial charge in [0.15, 0.2) is 0 Å². The van der Waals surface area contributed by atoms with Crippen molar-refractivity contribution in [2.24, 2.45) is 5.41 Å². The molecule has 8 heteroatoms. The first-order chi connectivity index (χ1) is 16.9. The zero-order valence-electron chi connectivity index (χ0n) is 18.8. The fourth-order valence-electron chi connectivity index (χ4n) is 4.57. The van der Waals surface area contributed by atoms with E-state index in [4.69, 9.17) is 9.84 Å². The molecule has 2 aliphatic carbocycles. The molecule has 0 saturated heterocycles. The van der Waals surface area contributed by atoms with E-state index in [-0.39, 0.29) is 42.0 Å². The summed E-state index contributed by atoms with van der Waals surface area (Å²) in [5, 5.41) is 24.2. The summed E-state index contributed by atoms with van der Waals surface area (Å²) in [5.41, 5.74) is 3.72. The molecule has 8 nitrogen and oxygen atoms in total. The van der Waals surface area contributed by atoms with E-state index >= 15 is 0 Å². The molecule has 0 aliphatic heterocycles. The molecule has 0 radical (unpaired) electrons. The molecule has 0 heterocycles. The normalized spacial score (nSPS) is 15.0. The van der Waals surface area contributed by atoms with Crippen molar-refractivity contribution in [1.29, 1.82) is 0 Å². The molecule has 178 valence electrons. The fourth-order valence-corrected chi connectivity index (χ4v) is 4.57. The van der Waals surface area contributed by atoms with Crippen LogP contribution in [-0.2, 0) is 9.53 Å². The Morgan fingerprint density at radius 2 is 1.57 bits per heavy atom. The number of benzene rings is 3. The quantitative estimate of drug-likeness (QED) is 0.379. The topological polar surface area (TPSA) is 125 Å². The van der Waals surface area contributed by atoms with Crippen LogP contribution in [0.5, 0.6) is 5.75 Å². The number of anilines is 1. The molecule has 2 aliphatic rings. The molecule has 0 atom stereocenters. The van der Waals surface area contributed by atoms with Crippen LogP contribution in [0.25, 0.3) is 11.1 Å². The number of aromatic hydroxyl groups is 1. The number of carboxylic acid groups (broad SMARTS) is 1. The van der Waals surface area contributed by atoms with Gasteiger partial charge in [-0.2, -0.15) is 0 Å². The van der Waals surface area contributed by atoms with Gasteiger partial charge in [-0.1, -0.05) is 48.5 Å². The van der Waals surface area contributed by atoms with Gasteiger partial charge in [-0.3, -0.25) is 4.79 Å². The van der Waals surface area contributed by atoms with Crippen LogP contribution in [0.3, 0.4) is 0 Å². The second-order valence-corrected chi connectivity index (χ2v) is 8.95. The van der Waals surface area contributed by atoms with E-state index in [1.165, 1.54) is 18.2 Å². The lowest BCUT2D eigenvalue weighted by atomic mass is 9.98. The summed E-state index contributed by atoms with van der Waals surface area (Å²) in [5.74, 6) is -2.05. The van der Waals surface area contributed by atoms with E-state index in [0.717, 1.165) is 22.3 Å². The maximum atomic E-state index is 12.8. The zero-order valence-corrected chi connectivity index (χ0v) is 18.8. The minimum Gasteiger partial charge on any atom is -0.507 e. The number of amides is 2. The molecule has 4 N–H and O–H groups in total. The summed E-state index contributed by atoms with van der Waals surface area (Å²) in [4.78, 5) is 36.5. The molecule has 0 aromatic heterocycles. The summed E-state index contributed by atoms with van der Waals surface area (Å²) < 4.78 is 5.54. The third-order valence-corrected chi connectivity index (χ3v) is 6.73. The van der Waals surface area contributed by atoms with E-state index in [2.05, 4.69) is 22.8 Å².